The molecule has 0 radical (unpaired) electrons. The van der Waals surface area contributed by atoms with Gasteiger partial charge in [0.25, 0.3) is 0 Å². The average molecular weight is 364 g/mol. The van der Waals surface area contributed by atoms with Gasteiger partial charge in [0, 0.05) is 17.5 Å². The highest BCUT2D eigenvalue weighted by Crippen LogP contribution is 2.36. The maximum atomic E-state index is 12.3. The van der Waals surface area contributed by atoms with E-state index in [4.69, 9.17) is 9.47 Å². The molecule has 0 saturated heterocycles. The van der Waals surface area contributed by atoms with E-state index in [9.17, 15) is 8.78 Å². The lowest BCUT2D eigenvalue weighted by molar-refractivity contribution is -0.690. The minimum absolute atomic E-state index is 0.0919. The molecule has 0 amide bonds. The first-order chi connectivity index (χ1) is 12.6. The van der Waals surface area contributed by atoms with Crippen molar-refractivity contribution in [3.05, 3.63) is 53.1 Å². The van der Waals surface area contributed by atoms with Crippen LogP contribution in [0.2, 0.25) is 0 Å². The van der Waals surface area contributed by atoms with Gasteiger partial charge in [-0.25, -0.2) is 0 Å². The maximum absolute atomic E-state index is 12.3. The van der Waals surface area contributed by atoms with E-state index in [0.717, 1.165) is 30.0 Å². The molecule has 0 fully saturated rings. The summed E-state index contributed by atoms with van der Waals surface area (Å²) in [5, 5.41) is 2.25. The fourth-order valence-electron chi connectivity index (χ4n) is 3.37. The van der Waals surface area contributed by atoms with E-state index in [0.29, 0.717) is 13.2 Å². The summed E-state index contributed by atoms with van der Waals surface area (Å²) < 4.78 is 40.6. The SMILES string of the molecule is CCOc1cc2c(cc1OCC)[C@@H](c1ccc(OC(F)F)cc1)[NH2+]CC2. The van der Waals surface area contributed by atoms with Crippen molar-refractivity contribution in [2.45, 2.75) is 32.9 Å². The molecule has 140 valence electrons. The van der Waals surface area contributed by atoms with Gasteiger partial charge in [-0.15, -0.1) is 0 Å². The first-order valence-corrected chi connectivity index (χ1v) is 8.92. The van der Waals surface area contributed by atoms with Crippen molar-refractivity contribution in [1.29, 1.82) is 0 Å². The predicted octanol–water partition coefficient (Wildman–Crippen LogP) is 3.29. The fourth-order valence-corrected chi connectivity index (χ4v) is 3.37. The summed E-state index contributed by atoms with van der Waals surface area (Å²) in [6.45, 7) is 3.18. The van der Waals surface area contributed by atoms with Gasteiger partial charge in [0.15, 0.2) is 11.5 Å². The number of fused-ring (bicyclic) bond motifs is 1. The number of ether oxygens (including phenoxy) is 3. The molecule has 3 rings (SSSR count). The van der Waals surface area contributed by atoms with E-state index in [2.05, 4.69) is 16.1 Å². The van der Waals surface area contributed by atoms with Crippen molar-refractivity contribution in [1.82, 2.24) is 0 Å². The number of alkyl halides is 2. The van der Waals surface area contributed by atoms with Gasteiger partial charge >= 0.3 is 6.61 Å². The van der Waals surface area contributed by atoms with Gasteiger partial charge in [0.05, 0.1) is 19.8 Å². The monoisotopic (exact) mass is 364 g/mol. The number of nitrogens with two attached hydrogens (primary N) is 1. The van der Waals surface area contributed by atoms with Crippen molar-refractivity contribution in [3.8, 4) is 17.2 Å². The zero-order chi connectivity index (χ0) is 18.5. The highest BCUT2D eigenvalue weighted by molar-refractivity contribution is 5.50. The number of benzene rings is 2. The molecule has 1 atom stereocenters. The van der Waals surface area contributed by atoms with Gasteiger partial charge in [0.1, 0.15) is 11.8 Å². The molecule has 2 N–H and O–H groups in total. The third-order valence-corrected chi connectivity index (χ3v) is 4.42. The lowest BCUT2D eigenvalue weighted by Crippen LogP contribution is -2.87. The lowest BCUT2D eigenvalue weighted by atomic mass is 9.89. The zero-order valence-corrected chi connectivity index (χ0v) is 15.0. The number of quaternary nitrogens is 1. The minimum atomic E-state index is -2.81. The number of halogens is 2. The van der Waals surface area contributed by atoms with Crippen molar-refractivity contribution in [2.24, 2.45) is 0 Å². The molecule has 4 nitrogen and oxygen atoms in total. The largest absolute Gasteiger partial charge is 0.490 e. The van der Waals surface area contributed by atoms with Crippen LogP contribution in [-0.2, 0) is 6.42 Å². The fraction of sp³-hybridized carbons (Fsp3) is 0.400. The molecule has 0 unspecified atom stereocenters. The Morgan fingerprint density at radius 3 is 2.31 bits per heavy atom. The molecular weight excluding hydrogens is 340 g/mol. The Hall–Kier alpha value is -2.34. The summed E-state index contributed by atoms with van der Waals surface area (Å²) in [6, 6.07) is 11.1. The van der Waals surface area contributed by atoms with Gasteiger partial charge in [0.2, 0.25) is 0 Å². The average Bonchev–Trinajstić information content (AvgIpc) is 2.62. The highest BCUT2D eigenvalue weighted by Gasteiger charge is 2.27. The third-order valence-electron chi connectivity index (χ3n) is 4.42. The highest BCUT2D eigenvalue weighted by atomic mass is 19.3. The Bertz CT molecular complexity index is 735. The summed E-state index contributed by atoms with van der Waals surface area (Å²) in [7, 11) is 0. The quantitative estimate of drug-likeness (QED) is 0.820. The third kappa shape index (κ3) is 4.07. The summed E-state index contributed by atoms with van der Waals surface area (Å²) in [5.41, 5.74) is 3.45. The van der Waals surface area contributed by atoms with E-state index in [1.54, 1.807) is 12.1 Å². The van der Waals surface area contributed by atoms with Crippen LogP contribution in [-0.4, -0.2) is 26.4 Å². The Kier molecular flexibility index (Phi) is 5.93. The molecule has 26 heavy (non-hydrogen) atoms. The molecule has 0 aliphatic carbocycles. The second kappa shape index (κ2) is 8.36. The molecule has 1 aliphatic rings. The van der Waals surface area contributed by atoms with Crippen LogP contribution < -0.4 is 19.5 Å². The summed E-state index contributed by atoms with van der Waals surface area (Å²) in [4.78, 5) is 0. The van der Waals surface area contributed by atoms with Crippen LogP contribution in [0.3, 0.4) is 0 Å². The van der Waals surface area contributed by atoms with Crippen molar-refractivity contribution in [2.75, 3.05) is 19.8 Å². The van der Waals surface area contributed by atoms with Crippen LogP contribution in [0, 0.1) is 0 Å². The van der Waals surface area contributed by atoms with E-state index >= 15 is 0 Å². The lowest BCUT2D eigenvalue weighted by Gasteiger charge is -2.26. The van der Waals surface area contributed by atoms with Crippen molar-refractivity contribution < 1.29 is 28.3 Å². The topological polar surface area (TPSA) is 44.3 Å². The molecule has 2 aromatic rings. The minimum Gasteiger partial charge on any atom is -0.490 e. The van der Waals surface area contributed by atoms with Gasteiger partial charge in [-0.1, -0.05) is 0 Å². The first-order valence-electron chi connectivity index (χ1n) is 8.92. The molecule has 0 bridgehead atoms. The van der Waals surface area contributed by atoms with E-state index < -0.39 is 6.61 Å². The smallest absolute Gasteiger partial charge is 0.387 e. The van der Waals surface area contributed by atoms with Gasteiger partial charge in [-0.3, -0.25) is 0 Å². The van der Waals surface area contributed by atoms with Gasteiger partial charge < -0.3 is 19.5 Å². The predicted molar refractivity (Wildman–Crippen MR) is 94.2 cm³/mol. The molecule has 1 heterocycles. The van der Waals surface area contributed by atoms with E-state index in [1.165, 1.54) is 11.1 Å². The van der Waals surface area contributed by atoms with Crippen LogP contribution >= 0.6 is 0 Å². The van der Waals surface area contributed by atoms with Crippen LogP contribution in [0.25, 0.3) is 0 Å². The Balaban J connectivity index is 1.93. The van der Waals surface area contributed by atoms with Crippen molar-refractivity contribution >= 4 is 0 Å². The van der Waals surface area contributed by atoms with Gasteiger partial charge in [-0.05, 0) is 55.8 Å². The van der Waals surface area contributed by atoms with Crippen LogP contribution in [0.1, 0.15) is 36.6 Å². The Morgan fingerprint density at radius 1 is 1.04 bits per heavy atom. The summed E-state index contributed by atoms with van der Waals surface area (Å²) in [6.07, 6.45) is 0.949. The summed E-state index contributed by atoms with van der Waals surface area (Å²) in [5.74, 6) is 1.68. The first kappa shape index (κ1) is 18.5. The normalized spacial score (nSPS) is 16.3. The number of rotatable bonds is 7. The summed E-state index contributed by atoms with van der Waals surface area (Å²) >= 11 is 0. The molecule has 0 spiro atoms. The van der Waals surface area contributed by atoms with E-state index in [-0.39, 0.29) is 11.8 Å². The Morgan fingerprint density at radius 2 is 1.69 bits per heavy atom. The molecule has 1 aliphatic heterocycles. The van der Waals surface area contributed by atoms with Crippen LogP contribution in [0.4, 0.5) is 8.78 Å². The van der Waals surface area contributed by atoms with Crippen LogP contribution in [0.5, 0.6) is 17.2 Å². The van der Waals surface area contributed by atoms with Gasteiger partial charge in [-0.2, -0.15) is 8.78 Å². The zero-order valence-electron chi connectivity index (χ0n) is 15.0. The van der Waals surface area contributed by atoms with Crippen LogP contribution in [0.15, 0.2) is 36.4 Å². The molecule has 0 aromatic heterocycles. The molecule has 0 saturated carbocycles. The number of hydrogen-bond donors (Lipinski definition) is 1. The standard InChI is InChI=1S/C20H23F2NO3/c1-3-24-17-11-14-9-10-23-19(16(14)12-18(17)25-4-2)13-5-7-15(8-6-13)26-20(21)22/h5-8,11-12,19-20,23H,3-4,9-10H2,1-2H3/p+1/t19-/m1/s1. The molecule has 2 aromatic carbocycles. The second-order valence-corrected chi connectivity index (χ2v) is 6.06. The second-order valence-electron chi connectivity index (χ2n) is 6.06. The van der Waals surface area contributed by atoms with E-state index in [1.807, 2.05) is 32.0 Å². The number of hydrogen-bond acceptors (Lipinski definition) is 3. The maximum Gasteiger partial charge on any atom is 0.387 e. The van der Waals surface area contributed by atoms with Crippen molar-refractivity contribution in [3.63, 3.8) is 0 Å². The Labute approximate surface area is 152 Å². The molecule has 6 heteroatoms. The molecular formula is C20H24F2NO3+.